The molecule has 0 saturated heterocycles. The number of carboxylic acid groups (broad SMARTS) is 1. The lowest BCUT2D eigenvalue weighted by molar-refractivity contribution is -0.115. The van der Waals surface area contributed by atoms with Gasteiger partial charge in [0.25, 0.3) is 5.91 Å². The van der Waals surface area contributed by atoms with E-state index in [1.807, 2.05) is 0 Å². The van der Waals surface area contributed by atoms with E-state index in [9.17, 15) is 14.4 Å². The Kier molecular flexibility index (Phi) is 4.49. The smallest absolute Gasteiger partial charge is 0.348 e. The van der Waals surface area contributed by atoms with Crippen molar-refractivity contribution in [1.29, 1.82) is 0 Å². The first-order valence-electron chi connectivity index (χ1n) is 5.50. The predicted molar refractivity (Wildman–Crippen MR) is 76.6 cm³/mol. The lowest BCUT2D eigenvalue weighted by Crippen LogP contribution is -2.32. The number of carboxylic acids is 1. The summed E-state index contributed by atoms with van der Waals surface area (Å²) in [5.41, 5.74) is 0.234. The first-order valence-corrected chi connectivity index (χ1v) is 7.26. The standard InChI is InChI=1S/C12H10N2O4S2/c15-9(6-13-11(16)8-2-1-4-19-8)14-7-3-5-20-10(7)12(17)18/h1-5H,6H2,(H,13,16)(H,14,15)(H,17,18). The second-order valence-corrected chi connectivity index (χ2v) is 5.54. The Hall–Kier alpha value is -2.19. The Bertz CT molecular complexity index is 634. The molecule has 3 N–H and O–H groups in total. The lowest BCUT2D eigenvalue weighted by atomic mass is 10.3. The molecule has 0 aliphatic heterocycles. The van der Waals surface area contributed by atoms with Crippen LogP contribution in [-0.4, -0.2) is 29.4 Å². The van der Waals surface area contributed by atoms with Gasteiger partial charge in [-0.15, -0.1) is 22.7 Å². The highest BCUT2D eigenvalue weighted by Crippen LogP contribution is 2.21. The fourth-order valence-corrected chi connectivity index (χ4v) is 2.75. The minimum atomic E-state index is -1.10. The fourth-order valence-electron chi connectivity index (χ4n) is 1.42. The number of carbonyl (C=O) groups excluding carboxylic acids is 2. The number of anilines is 1. The van der Waals surface area contributed by atoms with Crippen molar-refractivity contribution in [3.8, 4) is 0 Å². The zero-order valence-corrected chi connectivity index (χ0v) is 11.7. The minimum absolute atomic E-state index is 0.0583. The topological polar surface area (TPSA) is 95.5 Å². The van der Waals surface area contributed by atoms with Crippen LogP contribution in [0.2, 0.25) is 0 Å². The van der Waals surface area contributed by atoms with Gasteiger partial charge in [-0.3, -0.25) is 9.59 Å². The molecule has 0 spiro atoms. The lowest BCUT2D eigenvalue weighted by Gasteiger charge is -2.05. The molecule has 0 aromatic carbocycles. The molecule has 0 fully saturated rings. The molecule has 0 radical (unpaired) electrons. The molecule has 8 heteroatoms. The van der Waals surface area contributed by atoms with Crippen molar-refractivity contribution >= 4 is 46.1 Å². The zero-order chi connectivity index (χ0) is 14.5. The van der Waals surface area contributed by atoms with Crippen molar-refractivity contribution in [1.82, 2.24) is 5.32 Å². The maximum atomic E-state index is 11.6. The van der Waals surface area contributed by atoms with Crippen LogP contribution in [0.5, 0.6) is 0 Å². The molecule has 2 rings (SSSR count). The Morgan fingerprint density at radius 3 is 2.60 bits per heavy atom. The van der Waals surface area contributed by atoms with Crippen molar-refractivity contribution in [2.75, 3.05) is 11.9 Å². The largest absolute Gasteiger partial charge is 0.477 e. The van der Waals surface area contributed by atoms with Gasteiger partial charge in [-0.2, -0.15) is 0 Å². The summed E-state index contributed by atoms with van der Waals surface area (Å²) in [5.74, 6) is -1.91. The summed E-state index contributed by atoms with van der Waals surface area (Å²) in [4.78, 5) is 34.7. The average Bonchev–Trinajstić information content (AvgIpc) is 3.06. The first-order chi connectivity index (χ1) is 9.58. The van der Waals surface area contributed by atoms with Gasteiger partial charge in [-0.05, 0) is 22.9 Å². The van der Waals surface area contributed by atoms with Crippen molar-refractivity contribution in [2.24, 2.45) is 0 Å². The minimum Gasteiger partial charge on any atom is -0.477 e. The Morgan fingerprint density at radius 2 is 1.95 bits per heavy atom. The maximum absolute atomic E-state index is 11.6. The molecular formula is C12H10N2O4S2. The molecule has 0 aliphatic rings. The number of nitrogens with one attached hydrogen (secondary N) is 2. The first kappa shape index (κ1) is 14.2. The van der Waals surface area contributed by atoms with E-state index in [1.165, 1.54) is 17.4 Å². The van der Waals surface area contributed by atoms with Crippen LogP contribution in [0.3, 0.4) is 0 Å². The van der Waals surface area contributed by atoms with E-state index in [-0.39, 0.29) is 23.0 Å². The number of hydrogen-bond acceptors (Lipinski definition) is 5. The number of hydrogen-bond donors (Lipinski definition) is 3. The van der Waals surface area contributed by atoms with E-state index in [1.54, 1.807) is 22.9 Å². The summed E-state index contributed by atoms with van der Waals surface area (Å²) in [6.45, 7) is -0.217. The molecule has 2 aromatic heterocycles. The zero-order valence-electron chi connectivity index (χ0n) is 10.1. The quantitative estimate of drug-likeness (QED) is 0.785. The Labute approximate surface area is 122 Å². The van der Waals surface area contributed by atoms with Gasteiger partial charge >= 0.3 is 5.97 Å². The predicted octanol–water partition coefficient (Wildman–Crippen LogP) is 1.88. The van der Waals surface area contributed by atoms with Gasteiger partial charge in [0, 0.05) is 0 Å². The van der Waals surface area contributed by atoms with E-state index in [0.29, 0.717) is 4.88 Å². The third-order valence-corrected chi connectivity index (χ3v) is 4.06. The highest BCUT2D eigenvalue weighted by atomic mass is 32.1. The van der Waals surface area contributed by atoms with Crippen molar-refractivity contribution in [2.45, 2.75) is 0 Å². The molecule has 6 nitrogen and oxygen atoms in total. The van der Waals surface area contributed by atoms with Gasteiger partial charge in [0.2, 0.25) is 5.91 Å². The van der Waals surface area contributed by atoms with E-state index in [0.717, 1.165) is 11.3 Å². The molecule has 0 atom stereocenters. The van der Waals surface area contributed by atoms with Crippen molar-refractivity contribution in [3.63, 3.8) is 0 Å². The summed E-state index contributed by atoms with van der Waals surface area (Å²) in [7, 11) is 0. The third-order valence-electron chi connectivity index (χ3n) is 2.29. The Balaban J connectivity index is 1.88. The van der Waals surface area contributed by atoms with Crippen LogP contribution >= 0.6 is 22.7 Å². The van der Waals surface area contributed by atoms with Crippen LogP contribution < -0.4 is 10.6 Å². The second-order valence-electron chi connectivity index (χ2n) is 3.68. The van der Waals surface area contributed by atoms with Gasteiger partial charge < -0.3 is 15.7 Å². The molecule has 104 valence electrons. The van der Waals surface area contributed by atoms with Crippen LogP contribution in [0.1, 0.15) is 19.3 Å². The molecule has 2 amide bonds. The summed E-state index contributed by atoms with van der Waals surface area (Å²) >= 11 is 2.30. The fraction of sp³-hybridized carbons (Fsp3) is 0.0833. The molecule has 2 aromatic rings. The summed E-state index contributed by atoms with van der Waals surface area (Å²) in [6.07, 6.45) is 0. The van der Waals surface area contributed by atoms with Gasteiger partial charge in [0.05, 0.1) is 17.1 Å². The average molecular weight is 310 g/mol. The molecule has 2 heterocycles. The molecule has 0 aliphatic carbocycles. The summed E-state index contributed by atoms with van der Waals surface area (Å²) in [5, 5.41) is 17.2. The highest BCUT2D eigenvalue weighted by molar-refractivity contribution is 7.12. The maximum Gasteiger partial charge on any atom is 0.348 e. The number of rotatable bonds is 5. The van der Waals surface area contributed by atoms with Gasteiger partial charge in [0.15, 0.2) is 0 Å². The third kappa shape index (κ3) is 3.43. The molecular weight excluding hydrogens is 300 g/mol. The molecule has 0 bridgehead atoms. The van der Waals surface area contributed by atoms with E-state index in [2.05, 4.69) is 10.6 Å². The van der Waals surface area contributed by atoms with E-state index in [4.69, 9.17) is 5.11 Å². The molecule has 20 heavy (non-hydrogen) atoms. The van der Waals surface area contributed by atoms with Gasteiger partial charge in [0.1, 0.15) is 4.88 Å². The van der Waals surface area contributed by atoms with Crippen LogP contribution in [0.25, 0.3) is 0 Å². The summed E-state index contributed by atoms with van der Waals surface area (Å²) in [6, 6.07) is 4.90. The van der Waals surface area contributed by atoms with Gasteiger partial charge in [-0.1, -0.05) is 6.07 Å². The SMILES string of the molecule is O=C(CNC(=O)c1cccs1)Nc1ccsc1C(=O)O. The van der Waals surface area contributed by atoms with E-state index < -0.39 is 11.9 Å². The van der Waals surface area contributed by atoms with Gasteiger partial charge in [-0.25, -0.2) is 4.79 Å². The van der Waals surface area contributed by atoms with E-state index >= 15 is 0 Å². The van der Waals surface area contributed by atoms with Crippen molar-refractivity contribution in [3.05, 3.63) is 38.7 Å². The van der Waals surface area contributed by atoms with Crippen LogP contribution in [0.15, 0.2) is 29.0 Å². The number of carbonyl (C=O) groups is 3. The highest BCUT2D eigenvalue weighted by Gasteiger charge is 2.14. The monoisotopic (exact) mass is 310 g/mol. The number of thiophene rings is 2. The summed E-state index contributed by atoms with van der Waals surface area (Å²) < 4.78 is 0. The van der Waals surface area contributed by atoms with Crippen LogP contribution in [0.4, 0.5) is 5.69 Å². The van der Waals surface area contributed by atoms with Crippen molar-refractivity contribution < 1.29 is 19.5 Å². The molecule has 0 unspecified atom stereocenters. The Morgan fingerprint density at radius 1 is 1.15 bits per heavy atom. The number of amides is 2. The van der Waals surface area contributed by atoms with Crippen LogP contribution in [0, 0.1) is 0 Å². The second kappa shape index (κ2) is 6.31. The van der Waals surface area contributed by atoms with Crippen LogP contribution in [-0.2, 0) is 4.79 Å². The number of aromatic carboxylic acids is 1. The molecule has 0 saturated carbocycles. The normalized spacial score (nSPS) is 10.0.